The molecule has 8 heteroatoms. The number of hydrogen-bond donors (Lipinski definition) is 2. The molecule has 2 N–H and O–H groups in total. The van der Waals surface area contributed by atoms with E-state index in [2.05, 4.69) is 15.5 Å². The molecule has 6 nitrogen and oxygen atoms in total. The molecule has 0 aliphatic rings. The Morgan fingerprint density at radius 3 is 2.84 bits per heavy atom. The number of fused-ring (bicyclic) bond motifs is 1. The lowest BCUT2D eigenvalue weighted by atomic mass is 10.2. The summed E-state index contributed by atoms with van der Waals surface area (Å²) in [6, 6.07) is 13.5. The van der Waals surface area contributed by atoms with Gasteiger partial charge in [0.15, 0.2) is 5.01 Å². The predicted octanol–water partition coefficient (Wildman–Crippen LogP) is 4.41. The molecular weight excluding hydrogens is 362 g/mol. The molecule has 0 saturated carbocycles. The van der Waals surface area contributed by atoms with E-state index in [-0.39, 0.29) is 5.75 Å². The second-order valence-electron chi connectivity index (χ2n) is 5.22. The predicted molar refractivity (Wildman–Crippen MR) is 97.8 cm³/mol. The molecule has 124 valence electrons. The lowest BCUT2D eigenvalue weighted by Crippen LogP contribution is -2.02. The van der Waals surface area contributed by atoms with E-state index in [1.807, 2.05) is 12.1 Å². The number of halogens is 1. The fourth-order valence-electron chi connectivity index (χ4n) is 2.32. The van der Waals surface area contributed by atoms with Gasteiger partial charge in [0.1, 0.15) is 11.3 Å². The molecule has 2 heterocycles. The number of rotatable bonds is 3. The fourth-order valence-corrected chi connectivity index (χ4v) is 3.28. The van der Waals surface area contributed by atoms with Crippen LogP contribution in [0.25, 0.3) is 21.5 Å². The van der Waals surface area contributed by atoms with Crippen LogP contribution in [0, 0.1) is 0 Å². The van der Waals surface area contributed by atoms with E-state index in [9.17, 15) is 9.90 Å². The maximum absolute atomic E-state index is 12.2. The number of phenolic OH excluding ortho intramolecular Hbond substituents is 1. The molecule has 4 aromatic rings. The standard InChI is InChI=1S/C17H10ClN3O3S/c18-10-2-1-3-11(7-10)19-17-21-20-15(25-17)13-6-9-4-5-12(22)8-14(9)24-16(13)23/h1-8,22H,(H,19,21). The highest BCUT2D eigenvalue weighted by Gasteiger charge is 2.14. The zero-order valence-electron chi connectivity index (χ0n) is 12.6. The van der Waals surface area contributed by atoms with E-state index in [1.54, 1.807) is 24.3 Å². The van der Waals surface area contributed by atoms with Gasteiger partial charge in [0.05, 0.1) is 5.56 Å². The van der Waals surface area contributed by atoms with Crippen molar-refractivity contribution >= 4 is 44.7 Å². The third-order valence-electron chi connectivity index (χ3n) is 3.45. The maximum Gasteiger partial charge on any atom is 0.346 e. The topological polar surface area (TPSA) is 88.2 Å². The summed E-state index contributed by atoms with van der Waals surface area (Å²) >= 11 is 7.18. The van der Waals surface area contributed by atoms with Crippen molar-refractivity contribution in [3.8, 4) is 16.3 Å². The van der Waals surface area contributed by atoms with Crippen molar-refractivity contribution in [3.63, 3.8) is 0 Å². The van der Waals surface area contributed by atoms with Crippen molar-refractivity contribution in [2.75, 3.05) is 5.32 Å². The van der Waals surface area contributed by atoms with Gasteiger partial charge in [0.25, 0.3) is 0 Å². The Balaban J connectivity index is 1.70. The number of anilines is 2. The van der Waals surface area contributed by atoms with Gasteiger partial charge in [-0.15, -0.1) is 10.2 Å². The van der Waals surface area contributed by atoms with E-state index in [0.717, 1.165) is 5.69 Å². The van der Waals surface area contributed by atoms with Gasteiger partial charge >= 0.3 is 5.63 Å². The quantitative estimate of drug-likeness (QED) is 0.518. The molecule has 4 rings (SSSR count). The number of benzene rings is 2. The van der Waals surface area contributed by atoms with Crippen LogP contribution < -0.4 is 10.9 Å². The first-order valence-electron chi connectivity index (χ1n) is 7.22. The number of nitrogens with one attached hydrogen (secondary N) is 1. The molecule has 0 unspecified atom stereocenters. The molecule has 0 atom stereocenters. The van der Waals surface area contributed by atoms with Gasteiger partial charge in [-0.25, -0.2) is 4.79 Å². The summed E-state index contributed by atoms with van der Waals surface area (Å²) in [7, 11) is 0. The van der Waals surface area contributed by atoms with E-state index < -0.39 is 5.63 Å². The average molecular weight is 372 g/mol. The molecule has 0 aliphatic carbocycles. The molecule has 0 bridgehead atoms. The summed E-state index contributed by atoms with van der Waals surface area (Å²) < 4.78 is 5.26. The van der Waals surface area contributed by atoms with Gasteiger partial charge < -0.3 is 14.8 Å². The molecule has 0 amide bonds. The first-order chi connectivity index (χ1) is 12.1. The summed E-state index contributed by atoms with van der Waals surface area (Å²) in [6.07, 6.45) is 0. The first-order valence-corrected chi connectivity index (χ1v) is 8.41. The van der Waals surface area contributed by atoms with E-state index in [0.29, 0.717) is 31.7 Å². The molecule has 0 fully saturated rings. The minimum absolute atomic E-state index is 0.0346. The van der Waals surface area contributed by atoms with Crippen LogP contribution in [0.2, 0.25) is 5.02 Å². The molecular formula is C17H10ClN3O3S. The van der Waals surface area contributed by atoms with Gasteiger partial charge in [-0.2, -0.15) is 0 Å². The van der Waals surface area contributed by atoms with Crippen LogP contribution in [-0.4, -0.2) is 15.3 Å². The summed E-state index contributed by atoms with van der Waals surface area (Å²) in [4.78, 5) is 12.2. The smallest absolute Gasteiger partial charge is 0.346 e. The van der Waals surface area contributed by atoms with Gasteiger partial charge in [0, 0.05) is 22.2 Å². The van der Waals surface area contributed by atoms with E-state index in [4.69, 9.17) is 16.0 Å². The largest absolute Gasteiger partial charge is 0.508 e. The van der Waals surface area contributed by atoms with Crippen LogP contribution in [0.15, 0.2) is 57.7 Å². The van der Waals surface area contributed by atoms with Gasteiger partial charge in [-0.3, -0.25) is 0 Å². The molecule has 25 heavy (non-hydrogen) atoms. The summed E-state index contributed by atoms with van der Waals surface area (Å²) in [6.45, 7) is 0. The van der Waals surface area contributed by atoms with Crippen molar-refractivity contribution < 1.29 is 9.52 Å². The third kappa shape index (κ3) is 3.19. The first kappa shape index (κ1) is 15.6. The van der Waals surface area contributed by atoms with Crippen LogP contribution in [0.3, 0.4) is 0 Å². The van der Waals surface area contributed by atoms with Gasteiger partial charge in [-0.1, -0.05) is 29.0 Å². The highest BCUT2D eigenvalue weighted by Crippen LogP contribution is 2.29. The Morgan fingerprint density at radius 1 is 1.12 bits per heavy atom. The fraction of sp³-hybridized carbons (Fsp3) is 0. The van der Waals surface area contributed by atoms with Gasteiger partial charge in [0.2, 0.25) is 5.13 Å². The number of nitrogens with zero attached hydrogens (tertiary/aromatic N) is 2. The van der Waals surface area contributed by atoms with Crippen molar-refractivity contribution in [2.45, 2.75) is 0 Å². The number of hydrogen-bond acceptors (Lipinski definition) is 7. The Morgan fingerprint density at radius 2 is 2.00 bits per heavy atom. The van der Waals surface area contributed by atoms with Crippen molar-refractivity contribution in [1.82, 2.24) is 10.2 Å². The average Bonchev–Trinajstić information content (AvgIpc) is 3.02. The van der Waals surface area contributed by atoms with Crippen LogP contribution in [0.5, 0.6) is 5.75 Å². The molecule has 0 radical (unpaired) electrons. The molecule has 0 spiro atoms. The highest BCUT2D eigenvalue weighted by molar-refractivity contribution is 7.18. The number of phenols is 1. The number of aromatic hydroxyl groups is 1. The summed E-state index contributed by atoms with van der Waals surface area (Å²) in [5.41, 5.74) is 0.866. The van der Waals surface area contributed by atoms with Crippen LogP contribution >= 0.6 is 22.9 Å². The zero-order chi connectivity index (χ0) is 17.4. The maximum atomic E-state index is 12.2. The minimum atomic E-state index is -0.538. The monoisotopic (exact) mass is 371 g/mol. The third-order valence-corrected chi connectivity index (χ3v) is 4.56. The van der Waals surface area contributed by atoms with Crippen LogP contribution in [0.4, 0.5) is 10.8 Å². The molecule has 2 aromatic carbocycles. The molecule has 2 aromatic heterocycles. The zero-order valence-corrected chi connectivity index (χ0v) is 14.1. The van der Waals surface area contributed by atoms with Crippen LogP contribution in [0.1, 0.15) is 0 Å². The Labute approximate surface area is 150 Å². The summed E-state index contributed by atoms with van der Waals surface area (Å²) in [5.74, 6) is 0.0346. The lowest BCUT2D eigenvalue weighted by molar-refractivity contribution is 0.473. The minimum Gasteiger partial charge on any atom is -0.508 e. The molecule has 0 saturated heterocycles. The second kappa shape index (κ2) is 6.19. The second-order valence-corrected chi connectivity index (χ2v) is 6.63. The van der Waals surface area contributed by atoms with Crippen molar-refractivity contribution in [1.29, 1.82) is 0 Å². The molecule has 0 aliphatic heterocycles. The van der Waals surface area contributed by atoms with E-state index in [1.165, 1.54) is 23.5 Å². The number of aromatic nitrogens is 2. The highest BCUT2D eigenvalue weighted by atomic mass is 35.5. The van der Waals surface area contributed by atoms with Crippen LogP contribution in [-0.2, 0) is 0 Å². The Kier molecular flexibility index (Phi) is 3.87. The van der Waals surface area contributed by atoms with E-state index >= 15 is 0 Å². The van der Waals surface area contributed by atoms with Crippen molar-refractivity contribution in [2.24, 2.45) is 0 Å². The Bertz CT molecular complexity index is 1140. The normalized spacial score (nSPS) is 10.9. The summed E-state index contributed by atoms with van der Waals surface area (Å²) in [5, 5.41) is 22.9. The van der Waals surface area contributed by atoms with Crippen molar-refractivity contribution in [3.05, 3.63) is 64.0 Å². The Hall–Kier alpha value is -2.90. The lowest BCUT2D eigenvalue weighted by Gasteiger charge is -2.01. The van der Waals surface area contributed by atoms with Gasteiger partial charge in [-0.05, 0) is 36.4 Å². The SMILES string of the molecule is O=c1oc2cc(O)ccc2cc1-c1nnc(Nc2cccc(Cl)c2)s1.